The van der Waals surface area contributed by atoms with Crippen LogP contribution in [0.25, 0.3) is 0 Å². The largest absolute Gasteiger partial charge is 0.476 e. The molecule has 7 nitrogen and oxygen atoms in total. The molecule has 0 saturated carbocycles. The summed E-state index contributed by atoms with van der Waals surface area (Å²) in [5.41, 5.74) is 0.400. The van der Waals surface area contributed by atoms with Gasteiger partial charge in [-0.2, -0.15) is 0 Å². The maximum Gasteiger partial charge on any atom is 0.358 e. The number of carboxylic acid groups (broad SMARTS) is 1. The first-order valence-electron chi connectivity index (χ1n) is 4.33. The maximum atomic E-state index is 10.8. The van der Waals surface area contributed by atoms with Crippen LogP contribution in [0.4, 0.5) is 11.5 Å². The Labute approximate surface area is 90.2 Å². The fraction of sp³-hybridized carbons (Fsp3) is 0. The van der Waals surface area contributed by atoms with Gasteiger partial charge in [0.1, 0.15) is 6.33 Å². The fourth-order valence-corrected chi connectivity index (χ4v) is 1.09. The SMILES string of the molecule is O=C(O)c1nccnc1Nc1cncnc1. The molecule has 0 aromatic carbocycles. The average Bonchev–Trinajstić information content (AvgIpc) is 2.31. The Bertz CT molecular complexity index is 502. The van der Waals surface area contributed by atoms with E-state index in [0.717, 1.165) is 0 Å². The van der Waals surface area contributed by atoms with Crippen molar-refractivity contribution in [3.63, 3.8) is 0 Å². The number of rotatable bonds is 3. The van der Waals surface area contributed by atoms with E-state index >= 15 is 0 Å². The Morgan fingerprint density at radius 3 is 2.56 bits per heavy atom. The summed E-state index contributed by atoms with van der Waals surface area (Å²) < 4.78 is 0. The second kappa shape index (κ2) is 4.30. The van der Waals surface area contributed by atoms with Crippen LogP contribution < -0.4 is 5.32 Å². The monoisotopic (exact) mass is 217 g/mol. The number of nitrogens with one attached hydrogen (secondary N) is 1. The summed E-state index contributed by atoms with van der Waals surface area (Å²) in [6.45, 7) is 0. The van der Waals surface area contributed by atoms with Gasteiger partial charge in [-0.05, 0) is 0 Å². The van der Waals surface area contributed by atoms with Gasteiger partial charge in [0.25, 0.3) is 0 Å². The Kier molecular flexibility index (Phi) is 2.68. The highest BCUT2D eigenvalue weighted by Gasteiger charge is 2.12. The minimum absolute atomic E-state index is 0.147. The number of carbonyl (C=O) groups is 1. The van der Waals surface area contributed by atoms with E-state index in [4.69, 9.17) is 5.11 Å². The summed E-state index contributed by atoms with van der Waals surface area (Å²) in [7, 11) is 0. The summed E-state index contributed by atoms with van der Waals surface area (Å²) in [6.07, 6.45) is 7.11. The van der Waals surface area contributed by atoms with E-state index in [2.05, 4.69) is 25.3 Å². The Hall–Kier alpha value is -2.57. The van der Waals surface area contributed by atoms with Crippen LogP contribution in [-0.4, -0.2) is 31.0 Å². The van der Waals surface area contributed by atoms with Crippen LogP contribution in [0, 0.1) is 0 Å². The molecule has 0 radical (unpaired) electrons. The molecule has 0 saturated heterocycles. The van der Waals surface area contributed by atoms with E-state index in [-0.39, 0.29) is 11.5 Å². The molecular formula is C9H7N5O2. The van der Waals surface area contributed by atoms with Crippen molar-refractivity contribution in [2.75, 3.05) is 5.32 Å². The first kappa shape index (κ1) is 9.97. The van der Waals surface area contributed by atoms with Gasteiger partial charge in [-0.3, -0.25) is 0 Å². The predicted molar refractivity (Wildman–Crippen MR) is 54.3 cm³/mol. The Balaban J connectivity index is 2.31. The standard InChI is InChI=1S/C9H7N5O2/c15-9(16)7-8(13-2-1-12-7)14-6-3-10-5-11-4-6/h1-5H,(H,13,14)(H,15,16). The highest BCUT2D eigenvalue weighted by atomic mass is 16.4. The zero-order chi connectivity index (χ0) is 11.4. The molecule has 0 atom stereocenters. The molecule has 2 heterocycles. The lowest BCUT2D eigenvalue weighted by Gasteiger charge is -2.05. The average molecular weight is 217 g/mol. The third-order valence-electron chi connectivity index (χ3n) is 1.72. The molecule has 2 N–H and O–H groups in total. The van der Waals surface area contributed by atoms with Crippen LogP contribution in [-0.2, 0) is 0 Å². The first-order valence-corrected chi connectivity index (χ1v) is 4.33. The van der Waals surface area contributed by atoms with E-state index in [1.165, 1.54) is 31.1 Å². The van der Waals surface area contributed by atoms with E-state index in [0.29, 0.717) is 5.69 Å². The van der Waals surface area contributed by atoms with Crippen LogP contribution in [0.1, 0.15) is 10.5 Å². The van der Waals surface area contributed by atoms with Gasteiger partial charge in [0.05, 0.1) is 18.1 Å². The van der Waals surface area contributed by atoms with E-state index in [1.54, 1.807) is 0 Å². The van der Waals surface area contributed by atoms with Gasteiger partial charge < -0.3 is 10.4 Å². The van der Waals surface area contributed by atoms with Gasteiger partial charge in [-0.15, -0.1) is 0 Å². The Morgan fingerprint density at radius 1 is 1.19 bits per heavy atom. The number of hydrogen-bond acceptors (Lipinski definition) is 6. The zero-order valence-electron chi connectivity index (χ0n) is 8.03. The molecule has 0 spiro atoms. The predicted octanol–water partition coefficient (Wildman–Crippen LogP) is 0.708. The first-order chi connectivity index (χ1) is 7.77. The Morgan fingerprint density at radius 2 is 1.88 bits per heavy atom. The quantitative estimate of drug-likeness (QED) is 0.780. The summed E-state index contributed by atoms with van der Waals surface area (Å²) >= 11 is 0. The van der Waals surface area contributed by atoms with Crippen LogP contribution in [0.15, 0.2) is 31.1 Å². The smallest absolute Gasteiger partial charge is 0.358 e. The van der Waals surface area contributed by atoms with Gasteiger partial charge in [0, 0.05) is 12.4 Å². The van der Waals surface area contributed by atoms with Gasteiger partial charge in [-0.1, -0.05) is 0 Å². The molecule has 0 aliphatic carbocycles. The molecule has 0 fully saturated rings. The third kappa shape index (κ3) is 2.08. The number of carboxylic acids is 1. The van der Waals surface area contributed by atoms with E-state index in [1.807, 2.05) is 0 Å². The topological polar surface area (TPSA) is 101 Å². The molecule has 7 heteroatoms. The second-order valence-corrected chi connectivity index (χ2v) is 2.81. The molecule has 80 valence electrons. The highest BCUT2D eigenvalue weighted by Crippen LogP contribution is 2.14. The minimum atomic E-state index is -1.15. The molecule has 0 aliphatic heterocycles. The molecule has 0 aliphatic rings. The van der Waals surface area contributed by atoms with Crippen molar-refractivity contribution in [2.24, 2.45) is 0 Å². The molecule has 2 aromatic rings. The summed E-state index contributed by atoms with van der Waals surface area (Å²) in [5, 5.41) is 11.6. The van der Waals surface area contributed by atoms with Crippen LogP contribution in [0.2, 0.25) is 0 Å². The molecule has 0 unspecified atom stereocenters. The zero-order valence-corrected chi connectivity index (χ0v) is 8.03. The highest BCUT2D eigenvalue weighted by molar-refractivity contribution is 5.91. The molecule has 0 bridgehead atoms. The van der Waals surface area contributed by atoms with Crippen molar-refractivity contribution in [1.82, 2.24) is 19.9 Å². The van der Waals surface area contributed by atoms with Crippen molar-refractivity contribution in [3.05, 3.63) is 36.8 Å². The summed E-state index contributed by atoms with van der Waals surface area (Å²) in [6, 6.07) is 0. The third-order valence-corrected chi connectivity index (χ3v) is 1.72. The van der Waals surface area contributed by atoms with E-state index < -0.39 is 5.97 Å². The number of nitrogens with zero attached hydrogens (tertiary/aromatic N) is 4. The lowest BCUT2D eigenvalue weighted by atomic mass is 10.4. The van der Waals surface area contributed by atoms with Crippen molar-refractivity contribution >= 4 is 17.5 Å². The number of aromatic nitrogens is 4. The molecule has 16 heavy (non-hydrogen) atoms. The van der Waals surface area contributed by atoms with Crippen molar-refractivity contribution in [2.45, 2.75) is 0 Å². The number of hydrogen-bond donors (Lipinski definition) is 2. The fourth-order valence-electron chi connectivity index (χ4n) is 1.09. The molecular weight excluding hydrogens is 210 g/mol. The van der Waals surface area contributed by atoms with Crippen molar-refractivity contribution in [1.29, 1.82) is 0 Å². The molecule has 2 rings (SSSR count). The second-order valence-electron chi connectivity index (χ2n) is 2.81. The van der Waals surface area contributed by atoms with Gasteiger partial charge in [0.15, 0.2) is 11.5 Å². The van der Waals surface area contributed by atoms with Gasteiger partial charge in [-0.25, -0.2) is 24.7 Å². The maximum absolute atomic E-state index is 10.8. The van der Waals surface area contributed by atoms with Crippen LogP contribution in [0.5, 0.6) is 0 Å². The lowest BCUT2D eigenvalue weighted by Crippen LogP contribution is -2.07. The van der Waals surface area contributed by atoms with Crippen molar-refractivity contribution < 1.29 is 9.90 Å². The number of aromatic carboxylic acids is 1. The lowest BCUT2D eigenvalue weighted by molar-refractivity contribution is 0.0691. The normalized spacial score (nSPS) is 9.75. The molecule has 0 amide bonds. The van der Waals surface area contributed by atoms with Crippen LogP contribution >= 0.6 is 0 Å². The summed E-state index contributed by atoms with van der Waals surface area (Å²) in [4.78, 5) is 26.0. The number of anilines is 2. The molecule has 2 aromatic heterocycles. The van der Waals surface area contributed by atoms with Crippen molar-refractivity contribution in [3.8, 4) is 0 Å². The van der Waals surface area contributed by atoms with Crippen LogP contribution in [0.3, 0.4) is 0 Å². The van der Waals surface area contributed by atoms with Gasteiger partial charge in [0.2, 0.25) is 0 Å². The summed E-state index contributed by atoms with van der Waals surface area (Å²) in [5.74, 6) is -0.989. The van der Waals surface area contributed by atoms with E-state index in [9.17, 15) is 4.79 Å². The minimum Gasteiger partial charge on any atom is -0.476 e. The van der Waals surface area contributed by atoms with Gasteiger partial charge >= 0.3 is 5.97 Å².